The quantitative estimate of drug-likeness (QED) is 0.107. The minimum absolute atomic E-state index is 0.0952. The lowest BCUT2D eigenvalue weighted by atomic mass is 10.00. The van der Waals surface area contributed by atoms with Gasteiger partial charge in [0.1, 0.15) is 35.0 Å². The Labute approximate surface area is 338 Å². The largest absolute Gasteiger partial charge is 0.542 e. The molecule has 3 aromatic carbocycles. The number of anilines is 1. The van der Waals surface area contributed by atoms with E-state index in [0.29, 0.717) is 33.1 Å². The van der Waals surface area contributed by atoms with E-state index >= 15 is 0 Å². The van der Waals surface area contributed by atoms with E-state index in [9.17, 15) is 36.3 Å². The number of alkyl halides is 3. The van der Waals surface area contributed by atoms with Crippen molar-refractivity contribution in [3.05, 3.63) is 93.7 Å². The third-order valence-corrected chi connectivity index (χ3v) is 11.6. The molecule has 2 heterocycles. The van der Waals surface area contributed by atoms with Crippen LogP contribution in [0.5, 0.6) is 23.0 Å². The van der Waals surface area contributed by atoms with Crippen LogP contribution in [0.3, 0.4) is 0 Å². The number of halogens is 3. The van der Waals surface area contributed by atoms with Gasteiger partial charge in [-0.2, -0.15) is 21.6 Å². The second-order valence-corrected chi connectivity index (χ2v) is 16.8. The average molecular weight is 851 g/mol. The lowest BCUT2D eigenvalue weighted by Crippen LogP contribution is -2.59. The number of urea groups is 1. The van der Waals surface area contributed by atoms with Crippen molar-refractivity contribution in [1.29, 1.82) is 0 Å². The fraction of sp³-hybridized carbons (Fsp3) is 0.359. The molecule has 5 rings (SSSR count). The summed E-state index contributed by atoms with van der Waals surface area (Å²) in [6.45, 7) is 5.94. The van der Waals surface area contributed by atoms with Crippen LogP contribution in [-0.2, 0) is 32.7 Å². The first kappa shape index (κ1) is 45.2. The number of thiophene rings is 1. The monoisotopic (exact) mass is 850 g/mol. The number of amides is 3. The van der Waals surface area contributed by atoms with E-state index in [1.165, 1.54) is 47.7 Å². The number of ether oxygens (including phenoxy) is 2. The van der Waals surface area contributed by atoms with Crippen molar-refractivity contribution >= 4 is 45.0 Å². The van der Waals surface area contributed by atoms with E-state index in [-0.39, 0.29) is 34.8 Å². The second kappa shape index (κ2) is 19.3. The van der Waals surface area contributed by atoms with Crippen molar-refractivity contribution in [3.63, 3.8) is 0 Å². The molecule has 4 aromatic rings. The molecule has 0 saturated carbocycles. The zero-order valence-electron chi connectivity index (χ0n) is 32.3. The van der Waals surface area contributed by atoms with Crippen LogP contribution in [0, 0.1) is 13.8 Å². The zero-order chi connectivity index (χ0) is 42.8. The molecule has 1 fully saturated rings. The van der Waals surface area contributed by atoms with Gasteiger partial charge in [0, 0.05) is 27.4 Å². The number of likely N-dealkylation sites (N-methyl/N-ethyl adjacent to an activating group) is 1. The van der Waals surface area contributed by atoms with Gasteiger partial charge in [-0.25, -0.2) is 4.79 Å². The highest BCUT2D eigenvalue weighted by atomic mass is 32.2. The van der Waals surface area contributed by atoms with Crippen LogP contribution < -0.4 is 34.7 Å². The fourth-order valence-corrected chi connectivity index (χ4v) is 8.89. The van der Waals surface area contributed by atoms with Crippen LogP contribution in [-0.4, -0.2) is 88.5 Å². The van der Waals surface area contributed by atoms with E-state index < -0.39 is 34.3 Å². The smallest absolute Gasteiger partial charge is 0.430 e. The fourth-order valence-electron chi connectivity index (χ4n) is 6.44. The normalized spacial score (nSPS) is 17.1. The summed E-state index contributed by atoms with van der Waals surface area (Å²) in [7, 11) is 1.37. The summed E-state index contributed by atoms with van der Waals surface area (Å²) in [5.41, 5.74) is 2.23. The van der Waals surface area contributed by atoms with Gasteiger partial charge in [-0.15, -0.1) is 11.3 Å². The predicted octanol–water partition coefficient (Wildman–Crippen LogP) is 4.81. The average Bonchev–Trinajstić information content (AvgIpc) is 3.50. The van der Waals surface area contributed by atoms with E-state index in [0.717, 1.165) is 41.9 Å². The number of nitrogens with zero attached hydrogens (tertiary/aromatic N) is 1. The van der Waals surface area contributed by atoms with Crippen LogP contribution >= 0.6 is 11.3 Å². The van der Waals surface area contributed by atoms with Crippen molar-refractivity contribution in [3.8, 4) is 23.0 Å². The Morgan fingerprint density at radius 1 is 0.966 bits per heavy atom. The first-order valence-corrected chi connectivity index (χ1v) is 20.0. The number of carboxylic acid groups (broad SMARTS) is 1. The van der Waals surface area contributed by atoms with Crippen LogP contribution in [0.1, 0.15) is 33.7 Å². The molecule has 1 unspecified atom stereocenters. The van der Waals surface area contributed by atoms with Gasteiger partial charge >= 0.3 is 22.3 Å². The minimum Gasteiger partial charge on any atom is -0.542 e. The summed E-state index contributed by atoms with van der Waals surface area (Å²) >= 11 is 1.37. The number of piperidine rings is 1. The molecule has 3 amide bonds. The number of likely N-dealkylation sites (tertiary alicyclic amines) is 1. The Bertz CT molecular complexity index is 2170. The highest BCUT2D eigenvalue weighted by Crippen LogP contribution is 2.31. The summed E-state index contributed by atoms with van der Waals surface area (Å²) < 4.78 is 74.1. The molecule has 4 N–H and O–H groups in total. The summed E-state index contributed by atoms with van der Waals surface area (Å²) in [5.74, 6) is -1.80. The molecule has 0 aliphatic carbocycles. The van der Waals surface area contributed by atoms with Crippen molar-refractivity contribution in [2.24, 2.45) is 0 Å². The third-order valence-electron chi connectivity index (χ3n) is 9.08. The molecule has 314 valence electrons. The number of aromatic hydroxyl groups is 1. The molecule has 3 atom stereocenters. The molecule has 1 saturated heterocycles. The van der Waals surface area contributed by atoms with Crippen molar-refractivity contribution in [1.82, 2.24) is 10.6 Å². The molecule has 1 aromatic heterocycles. The van der Waals surface area contributed by atoms with E-state index in [4.69, 9.17) is 23.6 Å². The van der Waals surface area contributed by atoms with Crippen LogP contribution in [0.15, 0.2) is 77.7 Å². The maximum absolute atomic E-state index is 13.8. The molecule has 19 heteroatoms. The molecule has 14 nitrogen and oxygen atoms in total. The molecule has 0 bridgehead atoms. The van der Waals surface area contributed by atoms with Crippen LogP contribution in [0.25, 0.3) is 0 Å². The molecular formula is C39H45F3N4O10S2. The topological polar surface area (TPSA) is 192 Å². The first-order chi connectivity index (χ1) is 27.2. The molecule has 0 radical (unpaired) electrons. The lowest BCUT2D eigenvalue weighted by Gasteiger charge is -2.42. The summed E-state index contributed by atoms with van der Waals surface area (Å²) in [4.78, 5) is 37.4. The number of phenols is 1. The zero-order valence-corrected chi connectivity index (χ0v) is 34.0. The number of rotatable bonds is 13. The van der Waals surface area contributed by atoms with Crippen molar-refractivity contribution in [2.75, 3.05) is 39.7 Å². The number of methoxy groups -OCH3 is 2. The minimum atomic E-state index is -5.19. The Balaban J connectivity index is 0.000000973. The highest BCUT2D eigenvalue weighted by Gasteiger charge is 2.34. The number of phenolic OH excluding ortho intramolecular Hbond substituents is 1. The van der Waals surface area contributed by atoms with Crippen LogP contribution in [0.4, 0.5) is 23.7 Å². The number of hydrogen-bond donors (Lipinski definition) is 4. The molecular weight excluding hydrogens is 806 g/mol. The Hall–Kier alpha value is -5.53. The van der Waals surface area contributed by atoms with E-state index in [1.54, 1.807) is 39.3 Å². The number of aliphatic carboxylic acids is 1. The summed E-state index contributed by atoms with van der Waals surface area (Å²) in [5, 5.41) is 27.3. The Kier molecular flexibility index (Phi) is 15.0. The number of benzene rings is 3. The van der Waals surface area contributed by atoms with Gasteiger partial charge < -0.3 is 49.1 Å². The van der Waals surface area contributed by atoms with Gasteiger partial charge in [0.15, 0.2) is 11.5 Å². The predicted molar refractivity (Wildman–Crippen MR) is 207 cm³/mol. The number of carbonyl (C=O) groups excluding carboxylic acids is 3. The van der Waals surface area contributed by atoms with Gasteiger partial charge in [0.25, 0.3) is 0 Å². The molecule has 1 aliphatic heterocycles. The second-order valence-electron chi connectivity index (χ2n) is 13.9. The number of carbonyl (C=O) groups is 3. The molecule has 0 spiro atoms. The molecule has 1 aliphatic rings. The summed E-state index contributed by atoms with van der Waals surface area (Å²) in [6, 6.07) is 18.2. The van der Waals surface area contributed by atoms with Gasteiger partial charge in [0.2, 0.25) is 5.91 Å². The maximum Gasteiger partial charge on any atom is 0.430 e. The number of aryl methyl sites for hydroxylation is 2. The van der Waals surface area contributed by atoms with Gasteiger partial charge in [-0.3, -0.25) is 4.79 Å². The van der Waals surface area contributed by atoms with E-state index in [1.807, 2.05) is 25.1 Å². The van der Waals surface area contributed by atoms with E-state index in [2.05, 4.69) is 23.0 Å². The lowest BCUT2D eigenvalue weighted by molar-refractivity contribution is -0.927. The number of nitrogens with one attached hydrogen (secondary N) is 3. The summed E-state index contributed by atoms with van der Waals surface area (Å²) in [6.07, 6.45) is -3.28. The van der Waals surface area contributed by atoms with Crippen molar-refractivity contribution < 1.29 is 64.3 Å². The third kappa shape index (κ3) is 13.0. The molecule has 58 heavy (non-hydrogen) atoms. The Morgan fingerprint density at radius 3 is 2.16 bits per heavy atom. The number of quaternary nitrogens is 1. The Morgan fingerprint density at radius 2 is 1.59 bits per heavy atom. The van der Waals surface area contributed by atoms with Gasteiger partial charge in [-0.05, 0) is 92.9 Å². The first-order valence-electron chi connectivity index (χ1n) is 17.8. The van der Waals surface area contributed by atoms with Gasteiger partial charge in [0.05, 0.1) is 40.4 Å². The van der Waals surface area contributed by atoms with Crippen molar-refractivity contribution in [2.45, 2.75) is 62.8 Å². The highest BCUT2D eigenvalue weighted by molar-refractivity contribution is 7.87. The maximum atomic E-state index is 13.8. The standard InChI is InChI=1S/C37H44N4O8S2.C2HF3O2/c1-24-19-35(25(2)50-24)51(45,46)49-31-15-11-28(12-16-31)39-37(44)40-32(20-26-8-13-30(42)14-9-26)36(43)38-29-7-6-18-41(3,23-29)22-27-10-17-33(47-4)34(21-27)48-5;3-2(4,5)1(6)7/h8-17,19,21,29,32H,6-7,18,20,22-23H2,1-5H3,(H3-,38,39,40,42,43,44);(H,6,7)/t29-,32-,41?;/m0./s1. The number of carboxylic acids is 1. The SMILES string of the molecule is COc1ccc(C[N+]2(C)CCC[C@H](NC(=O)[C@H](Cc3ccc(O)cc3)NC(=O)Nc3ccc(OS(=O)(=O)c4cc(C)sc4C)cc3)C2)cc1OC.O=C([O-])C(F)(F)F. The number of hydrogen-bond acceptors (Lipinski definition) is 11. The van der Waals surface area contributed by atoms with Gasteiger partial charge in [-0.1, -0.05) is 12.1 Å². The van der Waals surface area contributed by atoms with Crippen LogP contribution in [0.2, 0.25) is 0 Å².